The van der Waals surface area contributed by atoms with Crippen molar-refractivity contribution in [2.75, 3.05) is 13.2 Å². The number of hydrogen-bond donors (Lipinski definition) is 1. The largest absolute Gasteiger partial charge is 0.381 e. The van der Waals surface area contributed by atoms with Crippen molar-refractivity contribution in [2.24, 2.45) is 5.73 Å². The van der Waals surface area contributed by atoms with Gasteiger partial charge in [0.15, 0.2) is 0 Å². The number of thiazole rings is 1. The molecule has 2 heterocycles. The van der Waals surface area contributed by atoms with Crippen molar-refractivity contribution in [1.82, 2.24) is 4.98 Å². The van der Waals surface area contributed by atoms with Gasteiger partial charge in [-0.1, -0.05) is 6.92 Å². The van der Waals surface area contributed by atoms with Gasteiger partial charge in [0.05, 0.1) is 17.3 Å². The maximum absolute atomic E-state index is 5.87. The summed E-state index contributed by atoms with van der Waals surface area (Å²) in [7, 11) is 0. The van der Waals surface area contributed by atoms with E-state index in [0.717, 1.165) is 25.3 Å². The van der Waals surface area contributed by atoms with E-state index in [1.165, 1.54) is 5.01 Å². The van der Waals surface area contributed by atoms with Gasteiger partial charge in [0.25, 0.3) is 0 Å². The molecule has 84 valence electrons. The standard InChI is InChI=1S/C11H18N2OS/c1-7(8(2)12)10-6-15-11(13-10)9-3-4-14-5-9/h6-9H,3-5,12H2,1-2H3. The van der Waals surface area contributed by atoms with E-state index < -0.39 is 0 Å². The summed E-state index contributed by atoms with van der Waals surface area (Å²) in [4.78, 5) is 4.67. The van der Waals surface area contributed by atoms with Crippen LogP contribution in [0, 0.1) is 0 Å². The number of ether oxygens (including phenoxy) is 1. The highest BCUT2D eigenvalue weighted by molar-refractivity contribution is 7.09. The van der Waals surface area contributed by atoms with E-state index >= 15 is 0 Å². The van der Waals surface area contributed by atoms with Crippen molar-refractivity contribution in [1.29, 1.82) is 0 Å². The summed E-state index contributed by atoms with van der Waals surface area (Å²) in [6.07, 6.45) is 1.11. The molecule has 3 atom stereocenters. The zero-order valence-corrected chi connectivity index (χ0v) is 10.1. The van der Waals surface area contributed by atoms with Crippen LogP contribution in [0.1, 0.15) is 42.8 Å². The lowest BCUT2D eigenvalue weighted by Crippen LogP contribution is -2.22. The van der Waals surface area contributed by atoms with Gasteiger partial charge in [-0.25, -0.2) is 4.98 Å². The van der Waals surface area contributed by atoms with Gasteiger partial charge in [-0.3, -0.25) is 0 Å². The van der Waals surface area contributed by atoms with Crippen LogP contribution in [0.25, 0.3) is 0 Å². The van der Waals surface area contributed by atoms with E-state index in [1.807, 2.05) is 6.92 Å². The zero-order valence-electron chi connectivity index (χ0n) is 9.27. The number of nitrogens with zero attached hydrogens (tertiary/aromatic N) is 1. The number of aromatic nitrogens is 1. The molecule has 1 aromatic heterocycles. The lowest BCUT2D eigenvalue weighted by Gasteiger charge is -2.12. The van der Waals surface area contributed by atoms with Crippen LogP contribution < -0.4 is 5.73 Å². The molecule has 1 saturated heterocycles. The van der Waals surface area contributed by atoms with E-state index in [9.17, 15) is 0 Å². The summed E-state index contributed by atoms with van der Waals surface area (Å²) < 4.78 is 5.37. The van der Waals surface area contributed by atoms with Gasteiger partial charge in [0, 0.05) is 29.9 Å². The van der Waals surface area contributed by atoms with Crippen molar-refractivity contribution >= 4 is 11.3 Å². The molecule has 0 spiro atoms. The molecule has 1 fully saturated rings. The molecule has 4 heteroatoms. The second-order valence-electron chi connectivity index (χ2n) is 4.32. The number of rotatable bonds is 3. The first-order valence-electron chi connectivity index (χ1n) is 5.47. The van der Waals surface area contributed by atoms with Crippen molar-refractivity contribution < 1.29 is 4.74 Å². The summed E-state index contributed by atoms with van der Waals surface area (Å²) in [6, 6.07) is 0.166. The Morgan fingerprint density at radius 2 is 2.40 bits per heavy atom. The Kier molecular flexibility index (Phi) is 3.38. The average Bonchev–Trinajstić information content (AvgIpc) is 2.86. The Balaban J connectivity index is 2.09. The van der Waals surface area contributed by atoms with E-state index in [-0.39, 0.29) is 6.04 Å². The molecule has 3 nitrogen and oxygen atoms in total. The molecule has 0 amide bonds. The van der Waals surface area contributed by atoms with Gasteiger partial charge in [-0.2, -0.15) is 0 Å². The van der Waals surface area contributed by atoms with Crippen molar-refractivity contribution in [2.45, 2.75) is 38.1 Å². The van der Waals surface area contributed by atoms with Crippen molar-refractivity contribution in [3.63, 3.8) is 0 Å². The maximum atomic E-state index is 5.87. The van der Waals surface area contributed by atoms with Crippen molar-refractivity contribution in [3.05, 3.63) is 16.1 Å². The van der Waals surface area contributed by atoms with Crippen LogP contribution in [0.2, 0.25) is 0 Å². The summed E-state index contributed by atoms with van der Waals surface area (Å²) in [5, 5.41) is 3.36. The van der Waals surface area contributed by atoms with Gasteiger partial charge in [-0.15, -0.1) is 11.3 Å². The molecule has 15 heavy (non-hydrogen) atoms. The van der Waals surface area contributed by atoms with Gasteiger partial charge in [-0.05, 0) is 13.3 Å². The Morgan fingerprint density at radius 3 is 3.00 bits per heavy atom. The van der Waals surface area contributed by atoms with Crippen LogP contribution >= 0.6 is 11.3 Å². The van der Waals surface area contributed by atoms with Gasteiger partial charge < -0.3 is 10.5 Å². The van der Waals surface area contributed by atoms with E-state index in [1.54, 1.807) is 11.3 Å². The Hall–Kier alpha value is -0.450. The molecule has 3 unspecified atom stereocenters. The first-order valence-corrected chi connectivity index (χ1v) is 6.35. The third-order valence-electron chi connectivity index (χ3n) is 3.07. The Bertz CT molecular complexity index is 302. The van der Waals surface area contributed by atoms with Gasteiger partial charge in [0.2, 0.25) is 0 Å². The number of hydrogen-bond acceptors (Lipinski definition) is 4. The van der Waals surface area contributed by atoms with Gasteiger partial charge in [0.1, 0.15) is 0 Å². The molecule has 0 saturated carbocycles. The molecule has 1 aromatic rings. The lowest BCUT2D eigenvalue weighted by atomic mass is 10.0. The van der Waals surface area contributed by atoms with E-state index in [4.69, 9.17) is 10.5 Å². The quantitative estimate of drug-likeness (QED) is 0.858. The third-order valence-corrected chi connectivity index (χ3v) is 4.10. The maximum Gasteiger partial charge on any atom is 0.0983 e. The molecule has 0 bridgehead atoms. The van der Waals surface area contributed by atoms with Crippen molar-refractivity contribution in [3.8, 4) is 0 Å². The highest BCUT2D eigenvalue weighted by Crippen LogP contribution is 2.30. The molecule has 0 radical (unpaired) electrons. The first-order chi connectivity index (χ1) is 7.18. The molecule has 0 aromatic carbocycles. The summed E-state index contributed by atoms with van der Waals surface area (Å²) >= 11 is 1.75. The molecule has 1 aliphatic heterocycles. The highest BCUT2D eigenvalue weighted by Gasteiger charge is 2.22. The molecule has 1 aliphatic rings. The van der Waals surface area contributed by atoms with E-state index in [0.29, 0.717) is 11.8 Å². The van der Waals surface area contributed by atoms with Crippen LogP contribution in [0.15, 0.2) is 5.38 Å². The van der Waals surface area contributed by atoms with Crippen LogP contribution in [-0.2, 0) is 4.74 Å². The lowest BCUT2D eigenvalue weighted by molar-refractivity contribution is 0.194. The summed E-state index contributed by atoms with van der Waals surface area (Å²) in [5.41, 5.74) is 7.01. The fourth-order valence-corrected chi connectivity index (χ4v) is 2.74. The summed E-state index contributed by atoms with van der Waals surface area (Å²) in [6.45, 7) is 5.87. The normalized spacial score (nSPS) is 25.4. The minimum atomic E-state index is 0.166. The summed E-state index contributed by atoms with van der Waals surface area (Å²) in [5.74, 6) is 0.862. The minimum Gasteiger partial charge on any atom is -0.381 e. The second-order valence-corrected chi connectivity index (χ2v) is 5.21. The van der Waals surface area contributed by atoms with Crippen LogP contribution in [0.4, 0.5) is 0 Å². The SMILES string of the molecule is CC(N)C(C)c1csc(C2CCOC2)n1. The number of nitrogens with two attached hydrogens (primary N) is 1. The molecule has 2 rings (SSSR count). The first kappa shape index (κ1) is 11.0. The minimum absolute atomic E-state index is 0.166. The van der Waals surface area contributed by atoms with Gasteiger partial charge >= 0.3 is 0 Å². The topological polar surface area (TPSA) is 48.1 Å². The molecular formula is C11H18N2OS. The van der Waals surface area contributed by atoms with Crippen LogP contribution in [0.3, 0.4) is 0 Å². The molecule has 0 aliphatic carbocycles. The van der Waals surface area contributed by atoms with Crippen LogP contribution in [0.5, 0.6) is 0 Å². The fourth-order valence-electron chi connectivity index (χ4n) is 1.70. The second kappa shape index (κ2) is 4.60. The highest BCUT2D eigenvalue weighted by atomic mass is 32.1. The average molecular weight is 226 g/mol. The smallest absolute Gasteiger partial charge is 0.0983 e. The fraction of sp³-hybridized carbons (Fsp3) is 0.727. The van der Waals surface area contributed by atoms with E-state index in [2.05, 4.69) is 17.3 Å². The zero-order chi connectivity index (χ0) is 10.8. The molecule has 2 N–H and O–H groups in total. The van der Waals surface area contributed by atoms with Crippen LogP contribution in [-0.4, -0.2) is 24.2 Å². The molecular weight excluding hydrogens is 208 g/mol. The third kappa shape index (κ3) is 2.38. The predicted octanol–water partition coefficient (Wildman–Crippen LogP) is 2.10. The predicted molar refractivity (Wildman–Crippen MR) is 62.4 cm³/mol. The Morgan fingerprint density at radius 1 is 1.60 bits per heavy atom. The monoisotopic (exact) mass is 226 g/mol. The Labute approximate surface area is 94.7 Å².